The number of hydrogen-bond acceptors (Lipinski definition) is 5. The molecule has 0 saturated carbocycles. The number of amides is 1. The summed E-state index contributed by atoms with van der Waals surface area (Å²) in [5, 5.41) is 10.6. The number of alkyl halides is 6. The first-order valence-electron chi connectivity index (χ1n) is 11.3. The summed E-state index contributed by atoms with van der Waals surface area (Å²) >= 11 is 0. The summed E-state index contributed by atoms with van der Waals surface area (Å²) in [4.78, 5) is 19.2. The number of fused-ring (bicyclic) bond motifs is 1. The topological polar surface area (TPSA) is 71.9 Å². The molecule has 4 rings (SSSR count). The molecular formula is C26H22F6N2O4. The van der Waals surface area contributed by atoms with Crippen LogP contribution in [-0.4, -0.2) is 41.6 Å². The van der Waals surface area contributed by atoms with Crippen molar-refractivity contribution in [3.05, 3.63) is 71.4 Å². The van der Waals surface area contributed by atoms with Crippen LogP contribution < -0.4 is 14.4 Å². The number of anilines is 1. The summed E-state index contributed by atoms with van der Waals surface area (Å²) in [7, 11) is 0. The van der Waals surface area contributed by atoms with E-state index < -0.39 is 37.1 Å². The maximum absolute atomic E-state index is 13.4. The predicted molar refractivity (Wildman–Crippen MR) is 125 cm³/mol. The molecule has 1 aromatic heterocycles. The zero-order chi connectivity index (χ0) is 27.9. The molecule has 6 nitrogen and oxygen atoms in total. The highest BCUT2D eigenvalue weighted by atomic mass is 19.4. The van der Waals surface area contributed by atoms with Crippen molar-refractivity contribution in [3.63, 3.8) is 0 Å². The zero-order valence-electron chi connectivity index (χ0n) is 20.2. The number of aliphatic hydroxyl groups is 1. The van der Waals surface area contributed by atoms with Crippen molar-refractivity contribution in [1.82, 2.24) is 4.98 Å². The number of aromatic nitrogens is 1. The number of nitrogens with zero attached hydrogens (tertiary/aromatic N) is 2. The number of benzene rings is 2. The van der Waals surface area contributed by atoms with Gasteiger partial charge in [0.2, 0.25) is 0 Å². The minimum absolute atomic E-state index is 0.0288. The maximum atomic E-state index is 13.4. The molecule has 2 aromatic carbocycles. The Bertz CT molecular complexity index is 1330. The second-order valence-electron chi connectivity index (χ2n) is 9.13. The van der Waals surface area contributed by atoms with Gasteiger partial charge in [-0.1, -0.05) is 12.1 Å². The molecule has 1 N–H and O–H groups in total. The molecule has 0 fully saturated rings. The standard InChI is InChI=1S/C26H22F6N2O4/c1-24(2,36)21-11-18-19(22(33-21)17-5-3-4-6-20(17)38-14-26(30,31)32)12-34(23(18)35)15-7-9-16(10-8-15)37-13-25(27,28)29/h3-11,36H,12-14H2,1-2H3. The van der Waals surface area contributed by atoms with Crippen molar-refractivity contribution in [2.24, 2.45) is 0 Å². The number of para-hydroxylation sites is 1. The van der Waals surface area contributed by atoms with Gasteiger partial charge in [-0.05, 0) is 56.3 Å². The van der Waals surface area contributed by atoms with Crippen LogP contribution in [-0.2, 0) is 12.1 Å². The minimum Gasteiger partial charge on any atom is -0.484 e. The second-order valence-corrected chi connectivity index (χ2v) is 9.13. The van der Waals surface area contributed by atoms with E-state index in [9.17, 15) is 36.2 Å². The number of carbonyl (C=O) groups is 1. The highest BCUT2D eigenvalue weighted by molar-refractivity contribution is 6.11. The van der Waals surface area contributed by atoms with Gasteiger partial charge in [0.25, 0.3) is 5.91 Å². The molecule has 0 atom stereocenters. The average molecular weight is 540 g/mol. The molecule has 0 radical (unpaired) electrons. The highest BCUT2D eigenvalue weighted by Crippen LogP contribution is 2.40. The molecule has 0 bridgehead atoms. The molecule has 3 aromatic rings. The van der Waals surface area contributed by atoms with Crippen molar-refractivity contribution >= 4 is 11.6 Å². The predicted octanol–water partition coefficient (Wildman–Crippen LogP) is 6.02. The van der Waals surface area contributed by atoms with E-state index in [0.29, 0.717) is 11.3 Å². The van der Waals surface area contributed by atoms with E-state index in [1.54, 1.807) is 6.07 Å². The van der Waals surface area contributed by atoms with Gasteiger partial charge in [0.05, 0.1) is 17.9 Å². The van der Waals surface area contributed by atoms with Crippen molar-refractivity contribution in [2.45, 2.75) is 38.3 Å². The lowest BCUT2D eigenvalue weighted by atomic mass is 9.96. The molecule has 0 unspecified atom stereocenters. The SMILES string of the molecule is CC(C)(O)c1cc2c(c(-c3ccccc3OCC(F)(F)F)n1)CN(c1ccc(OCC(F)(F)F)cc1)C2=O. The zero-order valence-corrected chi connectivity index (χ0v) is 20.2. The van der Waals surface area contributed by atoms with Crippen LogP contribution in [0.5, 0.6) is 11.5 Å². The fraction of sp³-hybridized carbons (Fsp3) is 0.308. The molecule has 0 saturated heterocycles. The molecule has 1 amide bonds. The summed E-state index contributed by atoms with van der Waals surface area (Å²) in [5.74, 6) is -0.631. The van der Waals surface area contributed by atoms with Crippen molar-refractivity contribution in [2.75, 3.05) is 18.1 Å². The molecular weight excluding hydrogens is 518 g/mol. The smallest absolute Gasteiger partial charge is 0.422 e. The monoisotopic (exact) mass is 540 g/mol. The van der Waals surface area contributed by atoms with Gasteiger partial charge in [-0.2, -0.15) is 26.3 Å². The molecule has 2 heterocycles. The first-order chi connectivity index (χ1) is 17.6. The van der Waals surface area contributed by atoms with Crippen LogP contribution in [0.1, 0.15) is 35.5 Å². The van der Waals surface area contributed by atoms with E-state index in [1.807, 2.05) is 0 Å². The van der Waals surface area contributed by atoms with E-state index in [2.05, 4.69) is 4.98 Å². The molecule has 12 heteroatoms. The van der Waals surface area contributed by atoms with Crippen molar-refractivity contribution in [3.8, 4) is 22.8 Å². The Morgan fingerprint density at radius 1 is 0.895 bits per heavy atom. The Labute approximate surface area is 213 Å². The third kappa shape index (κ3) is 6.18. The van der Waals surface area contributed by atoms with E-state index in [-0.39, 0.29) is 40.6 Å². The lowest BCUT2D eigenvalue weighted by molar-refractivity contribution is -0.154. The number of hydrogen-bond donors (Lipinski definition) is 1. The van der Waals surface area contributed by atoms with Crippen LogP contribution in [0, 0.1) is 0 Å². The van der Waals surface area contributed by atoms with Gasteiger partial charge in [-0.15, -0.1) is 0 Å². The minimum atomic E-state index is -4.58. The lowest BCUT2D eigenvalue weighted by Crippen LogP contribution is -2.23. The van der Waals surface area contributed by atoms with Gasteiger partial charge in [0, 0.05) is 22.4 Å². The van der Waals surface area contributed by atoms with Crippen LogP contribution in [0.3, 0.4) is 0 Å². The quantitative estimate of drug-likeness (QED) is 0.371. The summed E-state index contributed by atoms with van der Waals surface area (Å²) in [6.07, 6.45) is -9.09. The van der Waals surface area contributed by atoms with E-state index in [0.717, 1.165) is 0 Å². The fourth-order valence-electron chi connectivity index (χ4n) is 3.88. The third-order valence-electron chi connectivity index (χ3n) is 5.63. The largest absolute Gasteiger partial charge is 0.484 e. The molecule has 38 heavy (non-hydrogen) atoms. The van der Waals surface area contributed by atoms with Gasteiger partial charge >= 0.3 is 12.4 Å². The molecule has 1 aliphatic rings. The van der Waals surface area contributed by atoms with Gasteiger partial charge in [-0.25, -0.2) is 4.98 Å². The van der Waals surface area contributed by atoms with Gasteiger partial charge in [0.1, 0.15) is 17.1 Å². The summed E-state index contributed by atoms with van der Waals surface area (Å²) in [6, 6.07) is 12.8. The van der Waals surface area contributed by atoms with Crippen LogP contribution in [0.25, 0.3) is 11.3 Å². The first-order valence-corrected chi connectivity index (χ1v) is 11.3. The molecule has 0 spiro atoms. The number of pyridine rings is 1. The first kappa shape index (κ1) is 27.2. The number of ether oxygens (including phenoxy) is 2. The molecule has 0 aliphatic carbocycles. The Hall–Kier alpha value is -3.80. The Kier molecular flexibility index (Phi) is 7.04. The Morgan fingerprint density at radius 3 is 2.11 bits per heavy atom. The van der Waals surface area contributed by atoms with E-state index >= 15 is 0 Å². The van der Waals surface area contributed by atoms with Crippen LogP contribution in [0.4, 0.5) is 32.0 Å². The number of halogens is 6. The van der Waals surface area contributed by atoms with Crippen LogP contribution in [0.2, 0.25) is 0 Å². The van der Waals surface area contributed by atoms with Crippen molar-refractivity contribution in [1.29, 1.82) is 0 Å². The van der Waals surface area contributed by atoms with Crippen LogP contribution in [0.15, 0.2) is 54.6 Å². The van der Waals surface area contributed by atoms with Crippen LogP contribution >= 0.6 is 0 Å². The third-order valence-corrected chi connectivity index (χ3v) is 5.63. The van der Waals surface area contributed by atoms with Crippen molar-refractivity contribution < 1.29 is 45.7 Å². The highest BCUT2D eigenvalue weighted by Gasteiger charge is 2.36. The number of rotatable bonds is 7. The van der Waals surface area contributed by atoms with E-state index in [4.69, 9.17) is 9.47 Å². The van der Waals surface area contributed by atoms with E-state index in [1.165, 1.54) is 67.3 Å². The molecule has 202 valence electrons. The normalized spacial score (nSPS) is 14.0. The average Bonchev–Trinajstić information content (AvgIpc) is 3.16. The molecule has 1 aliphatic heterocycles. The summed E-state index contributed by atoms with van der Waals surface area (Å²) < 4.78 is 85.6. The lowest BCUT2D eigenvalue weighted by Gasteiger charge is -2.20. The Balaban J connectivity index is 1.73. The van der Waals surface area contributed by atoms with Gasteiger partial charge in [0.15, 0.2) is 13.2 Å². The maximum Gasteiger partial charge on any atom is 0.422 e. The Morgan fingerprint density at radius 2 is 1.50 bits per heavy atom. The van der Waals surface area contributed by atoms with Gasteiger partial charge < -0.3 is 19.5 Å². The van der Waals surface area contributed by atoms with Gasteiger partial charge in [-0.3, -0.25) is 4.79 Å². The number of carbonyl (C=O) groups excluding carboxylic acids is 1. The summed E-state index contributed by atoms with van der Waals surface area (Å²) in [5.41, 5.74) is -0.0935. The summed E-state index contributed by atoms with van der Waals surface area (Å²) in [6.45, 7) is -0.127. The second kappa shape index (κ2) is 9.82. The fourth-order valence-corrected chi connectivity index (χ4v) is 3.88.